The summed E-state index contributed by atoms with van der Waals surface area (Å²) in [4.78, 5) is 12.4. The maximum absolute atomic E-state index is 10.7. The van der Waals surface area contributed by atoms with Crippen molar-refractivity contribution in [1.29, 1.82) is 0 Å². The average Bonchev–Trinajstić information content (AvgIpc) is 2.35. The second-order valence-electron chi connectivity index (χ2n) is 4.44. The van der Waals surface area contributed by atoms with Gasteiger partial charge in [-0.25, -0.2) is 5.01 Å². The van der Waals surface area contributed by atoms with Gasteiger partial charge < -0.3 is 10.3 Å². The van der Waals surface area contributed by atoms with Crippen molar-refractivity contribution in [2.75, 3.05) is 38.7 Å². The quantitative estimate of drug-likeness (QED) is 0.686. The van der Waals surface area contributed by atoms with Gasteiger partial charge in [0.25, 0.3) is 5.69 Å². The van der Waals surface area contributed by atoms with E-state index in [-0.39, 0.29) is 15.7 Å². The van der Waals surface area contributed by atoms with Gasteiger partial charge in [-0.15, -0.1) is 0 Å². The molecule has 8 heteroatoms. The second kappa shape index (κ2) is 5.92. The molecule has 2 rings (SSSR count). The van der Waals surface area contributed by atoms with Gasteiger partial charge in [0.05, 0.1) is 20.7 Å². The highest BCUT2D eigenvalue weighted by Crippen LogP contribution is 2.35. The standard InChI is InChI=1S/C11H14Cl2N4O2/c1-15-2-4-16(5-3-15)14-11-9(12)6-8(17(18)19)7-10(11)13/h6-7,14H,2-5H2,1H3. The summed E-state index contributed by atoms with van der Waals surface area (Å²) < 4.78 is 0. The molecule has 0 unspecified atom stereocenters. The zero-order chi connectivity index (χ0) is 14.0. The average molecular weight is 305 g/mol. The van der Waals surface area contributed by atoms with Gasteiger partial charge in [0.1, 0.15) is 0 Å². The molecule has 1 aliphatic heterocycles. The Bertz CT molecular complexity index is 467. The molecule has 0 amide bonds. The van der Waals surface area contributed by atoms with Crippen LogP contribution in [0.15, 0.2) is 12.1 Å². The summed E-state index contributed by atoms with van der Waals surface area (Å²) in [6.45, 7) is 3.55. The highest BCUT2D eigenvalue weighted by molar-refractivity contribution is 6.39. The lowest BCUT2D eigenvalue weighted by molar-refractivity contribution is -0.384. The number of hydrazine groups is 1. The molecule has 0 bridgehead atoms. The fourth-order valence-corrected chi connectivity index (χ4v) is 2.41. The van der Waals surface area contributed by atoms with Gasteiger partial charge in [-0.05, 0) is 7.05 Å². The Morgan fingerprint density at radius 2 is 1.74 bits per heavy atom. The summed E-state index contributed by atoms with van der Waals surface area (Å²) in [7, 11) is 2.06. The summed E-state index contributed by atoms with van der Waals surface area (Å²) >= 11 is 12.1. The van der Waals surface area contributed by atoms with E-state index in [1.807, 2.05) is 5.01 Å². The number of nitrogens with one attached hydrogen (secondary N) is 1. The molecule has 19 heavy (non-hydrogen) atoms. The third-order valence-corrected chi connectivity index (χ3v) is 3.61. The Kier molecular flexibility index (Phi) is 4.46. The van der Waals surface area contributed by atoms with Crippen LogP contribution in [-0.4, -0.2) is 48.1 Å². The SMILES string of the molecule is CN1CCN(Nc2c(Cl)cc([N+](=O)[O-])cc2Cl)CC1. The zero-order valence-electron chi connectivity index (χ0n) is 10.4. The van der Waals surface area contributed by atoms with Crippen LogP contribution in [0.1, 0.15) is 0 Å². The Morgan fingerprint density at radius 3 is 2.21 bits per heavy atom. The molecule has 1 aliphatic rings. The fraction of sp³-hybridized carbons (Fsp3) is 0.455. The van der Waals surface area contributed by atoms with Gasteiger partial charge in [0.15, 0.2) is 0 Å². The molecule has 1 aromatic rings. The van der Waals surface area contributed by atoms with Crippen LogP contribution >= 0.6 is 23.2 Å². The molecule has 0 spiro atoms. The molecule has 1 saturated heterocycles. The molecule has 0 aromatic heterocycles. The maximum Gasteiger partial charge on any atom is 0.272 e. The smallest absolute Gasteiger partial charge is 0.272 e. The Balaban J connectivity index is 2.14. The van der Waals surface area contributed by atoms with E-state index in [4.69, 9.17) is 23.2 Å². The van der Waals surface area contributed by atoms with Gasteiger partial charge in [-0.2, -0.15) is 0 Å². The van der Waals surface area contributed by atoms with Crippen LogP contribution in [0.5, 0.6) is 0 Å². The van der Waals surface area contributed by atoms with Crippen LogP contribution in [0.3, 0.4) is 0 Å². The van der Waals surface area contributed by atoms with Crippen LogP contribution in [0.25, 0.3) is 0 Å². The minimum atomic E-state index is -0.516. The minimum Gasteiger partial charge on any atom is -0.316 e. The number of hydrogen-bond acceptors (Lipinski definition) is 5. The Morgan fingerprint density at radius 1 is 1.21 bits per heavy atom. The van der Waals surface area contributed by atoms with Crippen molar-refractivity contribution in [2.45, 2.75) is 0 Å². The topological polar surface area (TPSA) is 61.6 Å². The monoisotopic (exact) mass is 304 g/mol. The van der Waals surface area contributed by atoms with E-state index in [2.05, 4.69) is 17.4 Å². The number of likely N-dealkylation sites (N-methyl/N-ethyl adjacent to an activating group) is 1. The Hall–Kier alpha value is -1.08. The number of nitro benzene ring substituents is 1. The molecule has 1 N–H and O–H groups in total. The summed E-state index contributed by atoms with van der Waals surface area (Å²) in [5, 5.41) is 13.2. The molecular weight excluding hydrogens is 291 g/mol. The third kappa shape index (κ3) is 3.48. The van der Waals surface area contributed by atoms with Crippen molar-refractivity contribution in [3.8, 4) is 0 Å². The molecule has 0 aliphatic carbocycles. The number of anilines is 1. The molecule has 104 valence electrons. The van der Waals surface area contributed by atoms with E-state index in [1.165, 1.54) is 12.1 Å². The number of rotatable bonds is 3. The summed E-state index contributed by atoms with van der Waals surface area (Å²) in [5.41, 5.74) is 3.52. The van der Waals surface area contributed by atoms with Gasteiger partial charge in [0, 0.05) is 38.3 Å². The van der Waals surface area contributed by atoms with Gasteiger partial charge in [-0.1, -0.05) is 23.2 Å². The van der Waals surface area contributed by atoms with Crippen LogP contribution < -0.4 is 5.43 Å². The van der Waals surface area contributed by atoms with Gasteiger partial charge in [0.2, 0.25) is 0 Å². The Labute approximate surface area is 121 Å². The minimum absolute atomic E-state index is 0.112. The van der Waals surface area contributed by atoms with E-state index in [0.29, 0.717) is 5.69 Å². The molecule has 0 saturated carbocycles. The molecule has 1 aromatic carbocycles. The van der Waals surface area contributed by atoms with E-state index >= 15 is 0 Å². The zero-order valence-corrected chi connectivity index (χ0v) is 11.9. The van der Waals surface area contributed by atoms with Gasteiger partial charge in [-0.3, -0.25) is 10.1 Å². The predicted octanol–water partition coefficient (Wildman–Crippen LogP) is 2.48. The van der Waals surface area contributed by atoms with E-state index in [1.54, 1.807) is 0 Å². The van der Waals surface area contributed by atoms with Crippen molar-refractivity contribution in [3.63, 3.8) is 0 Å². The molecule has 0 radical (unpaired) electrons. The first-order valence-electron chi connectivity index (χ1n) is 5.81. The number of nitrogens with zero attached hydrogens (tertiary/aromatic N) is 3. The van der Waals surface area contributed by atoms with Crippen molar-refractivity contribution >= 4 is 34.6 Å². The lowest BCUT2D eigenvalue weighted by atomic mass is 10.3. The van der Waals surface area contributed by atoms with E-state index < -0.39 is 4.92 Å². The van der Waals surface area contributed by atoms with Crippen molar-refractivity contribution < 1.29 is 4.92 Å². The van der Waals surface area contributed by atoms with E-state index in [9.17, 15) is 10.1 Å². The van der Waals surface area contributed by atoms with Crippen LogP contribution in [0.4, 0.5) is 11.4 Å². The largest absolute Gasteiger partial charge is 0.316 e. The molecule has 6 nitrogen and oxygen atoms in total. The van der Waals surface area contributed by atoms with Crippen LogP contribution in [0.2, 0.25) is 10.0 Å². The first-order chi connectivity index (χ1) is 8.97. The second-order valence-corrected chi connectivity index (χ2v) is 5.26. The number of hydrogen-bond donors (Lipinski definition) is 1. The molecule has 0 atom stereocenters. The molecule has 1 fully saturated rings. The number of piperazine rings is 1. The van der Waals surface area contributed by atoms with E-state index in [0.717, 1.165) is 26.2 Å². The van der Waals surface area contributed by atoms with Gasteiger partial charge >= 0.3 is 0 Å². The van der Waals surface area contributed by atoms with Crippen LogP contribution in [-0.2, 0) is 0 Å². The summed E-state index contributed by atoms with van der Waals surface area (Å²) in [6, 6.07) is 2.59. The fourth-order valence-electron chi connectivity index (χ4n) is 1.85. The highest BCUT2D eigenvalue weighted by atomic mass is 35.5. The van der Waals surface area contributed by atoms with Crippen molar-refractivity contribution in [3.05, 3.63) is 32.3 Å². The lowest BCUT2D eigenvalue weighted by Gasteiger charge is -2.33. The number of benzene rings is 1. The summed E-state index contributed by atoms with van der Waals surface area (Å²) in [5.74, 6) is 0. The third-order valence-electron chi connectivity index (χ3n) is 3.01. The predicted molar refractivity (Wildman–Crippen MR) is 75.8 cm³/mol. The maximum atomic E-state index is 10.7. The molecular formula is C11H14Cl2N4O2. The molecule has 1 heterocycles. The van der Waals surface area contributed by atoms with Crippen molar-refractivity contribution in [1.82, 2.24) is 9.91 Å². The summed E-state index contributed by atoms with van der Waals surface area (Å²) in [6.07, 6.45) is 0. The van der Waals surface area contributed by atoms with Crippen LogP contribution in [0, 0.1) is 10.1 Å². The van der Waals surface area contributed by atoms with Crippen molar-refractivity contribution in [2.24, 2.45) is 0 Å². The first kappa shape index (κ1) is 14.3. The normalized spacial score (nSPS) is 17.4. The highest BCUT2D eigenvalue weighted by Gasteiger charge is 2.18. The number of halogens is 2. The number of nitro groups is 1. The lowest BCUT2D eigenvalue weighted by Crippen LogP contribution is -2.47. The first-order valence-corrected chi connectivity index (χ1v) is 6.56. The number of non-ortho nitro benzene ring substituents is 1.